The topological polar surface area (TPSA) is 118 Å². The number of hydrogen-bond donors (Lipinski definition) is 2. The third-order valence-electron chi connectivity index (χ3n) is 3.00. The number of anilines is 1. The van der Waals surface area contributed by atoms with Crippen molar-refractivity contribution in [2.45, 2.75) is 0 Å². The van der Waals surface area contributed by atoms with Gasteiger partial charge in [-0.2, -0.15) is 5.26 Å². The predicted molar refractivity (Wildman–Crippen MR) is 73.2 cm³/mol. The van der Waals surface area contributed by atoms with E-state index < -0.39 is 17.8 Å². The summed E-state index contributed by atoms with van der Waals surface area (Å²) < 4.78 is 19.8. The Labute approximate surface area is 123 Å². The summed E-state index contributed by atoms with van der Waals surface area (Å²) in [5.74, 6) is -3.02. The average molecular weight is 303 g/mol. The third-order valence-corrected chi connectivity index (χ3v) is 3.00. The van der Waals surface area contributed by atoms with Crippen LogP contribution < -0.4 is 5.73 Å². The second-order valence-corrected chi connectivity index (χ2v) is 4.25. The number of nitrogens with zero attached hydrogens (tertiary/aromatic N) is 2. The van der Waals surface area contributed by atoms with Crippen molar-refractivity contribution < 1.29 is 23.8 Å². The number of aromatic nitrogens is 1. The molecule has 0 amide bonds. The van der Waals surface area contributed by atoms with Crippen LogP contribution in [0.15, 0.2) is 24.4 Å². The lowest BCUT2D eigenvalue weighted by atomic mass is 10.2. The molecule has 0 aliphatic carbocycles. The molecular formula is C14H10FN3O4. The number of hydrogen-bond acceptors (Lipinski definition) is 5. The van der Waals surface area contributed by atoms with Gasteiger partial charge < -0.3 is 20.1 Å². The van der Waals surface area contributed by atoms with Gasteiger partial charge in [0.15, 0.2) is 5.69 Å². The van der Waals surface area contributed by atoms with Crippen LogP contribution in [0.4, 0.5) is 10.1 Å². The van der Waals surface area contributed by atoms with Crippen molar-refractivity contribution in [3.63, 3.8) is 0 Å². The van der Waals surface area contributed by atoms with Crippen LogP contribution in [-0.2, 0) is 4.74 Å². The first-order chi connectivity index (χ1) is 10.4. The Kier molecular flexibility index (Phi) is 3.81. The lowest BCUT2D eigenvalue weighted by molar-refractivity contribution is 0.0592. The Morgan fingerprint density at radius 1 is 1.45 bits per heavy atom. The molecule has 0 radical (unpaired) electrons. The van der Waals surface area contributed by atoms with Crippen LogP contribution >= 0.6 is 0 Å². The molecule has 2 rings (SSSR count). The van der Waals surface area contributed by atoms with Gasteiger partial charge in [0.1, 0.15) is 11.9 Å². The molecule has 0 atom stereocenters. The minimum atomic E-state index is -1.29. The number of nitrogens with two attached hydrogens (primary N) is 1. The number of ether oxygens (including phenoxy) is 1. The Morgan fingerprint density at radius 2 is 2.14 bits per heavy atom. The lowest BCUT2D eigenvalue weighted by Crippen LogP contribution is -2.12. The van der Waals surface area contributed by atoms with Crippen LogP contribution in [0.3, 0.4) is 0 Å². The summed E-state index contributed by atoms with van der Waals surface area (Å²) in [6.07, 6.45) is 1.18. The molecule has 0 aliphatic rings. The molecule has 0 aliphatic heterocycles. The van der Waals surface area contributed by atoms with Gasteiger partial charge in [-0.3, -0.25) is 0 Å². The molecule has 3 N–H and O–H groups in total. The van der Waals surface area contributed by atoms with Gasteiger partial charge >= 0.3 is 11.9 Å². The van der Waals surface area contributed by atoms with Gasteiger partial charge in [-0.1, -0.05) is 0 Å². The fraction of sp³-hybridized carbons (Fsp3) is 0.0714. The van der Waals surface area contributed by atoms with Gasteiger partial charge in [0.05, 0.1) is 29.6 Å². The lowest BCUT2D eigenvalue weighted by Gasteiger charge is -2.10. The molecule has 22 heavy (non-hydrogen) atoms. The van der Waals surface area contributed by atoms with E-state index in [-0.39, 0.29) is 28.2 Å². The minimum Gasteiger partial charge on any atom is -0.478 e. The summed E-state index contributed by atoms with van der Waals surface area (Å²) in [4.78, 5) is 22.6. The zero-order valence-electron chi connectivity index (χ0n) is 11.3. The maximum Gasteiger partial charge on any atom is 0.357 e. The zero-order valence-corrected chi connectivity index (χ0v) is 11.3. The van der Waals surface area contributed by atoms with Crippen LogP contribution in [-0.4, -0.2) is 28.7 Å². The van der Waals surface area contributed by atoms with E-state index in [9.17, 15) is 14.0 Å². The van der Waals surface area contributed by atoms with Gasteiger partial charge in [-0.25, -0.2) is 14.0 Å². The minimum absolute atomic E-state index is 0.0258. The number of rotatable bonds is 3. The summed E-state index contributed by atoms with van der Waals surface area (Å²) in [6.45, 7) is 0. The molecule has 7 nitrogen and oxygen atoms in total. The molecule has 1 aromatic heterocycles. The first kappa shape index (κ1) is 15.1. The quantitative estimate of drug-likeness (QED) is 0.830. The van der Waals surface area contributed by atoms with Gasteiger partial charge in [0.25, 0.3) is 0 Å². The fourth-order valence-electron chi connectivity index (χ4n) is 1.94. The summed E-state index contributed by atoms with van der Waals surface area (Å²) in [5.41, 5.74) is 4.95. The summed E-state index contributed by atoms with van der Waals surface area (Å²) in [5, 5.41) is 17.8. The third kappa shape index (κ3) is 2.35. The number of halogens is 1. The highest BCUT2D eigenvalue weighted by molar-refractivity contribution is 5.96. The van der Waals surface area contributed by atoms with E-state index in [1.807, 2.05) is 0 Å². The summed E-state index contributed by atoms with van der Waals surface area (Å²) >= 11 is 0. The number of carboxylic acids is 1. The van der Waals surface area contributed by atoms with Crippen molar-refractivity contribution >= 4 is 17.6 Å². The van der Waals surface area contributed by atoms with Gasteiger partial charge in [0, 0.05) is 6.20 Å². The number of carbonyl (C=O) groups excluding carboxylic acids is 1. The standard InChI is InChI=1S/C14H10FN3O4/c1-22-14(21)12-11(17)8(5-16)6-18(12)10-3-2-7(13(19)20)4-9(10)15/h2-4,6H,17H2,1H3,(H,19,20). The smallest absolute Gasteiger partial charge is 0.357 e. The highest BCUT2D eigenvalue weighted by Crippen LogP contribution is 2.26. The second-order valence-electron chi connectivity index (χ2n) is 4.25. The number of carboxylic acid groups (broad SMARTS) is 1. The molecular weight excluding hydrogens is 293 g/mol. The Morgan fingerprint density at radius 3 is 2.64 bits per heavy atom. The maximum atomic E-state index is 14.1. The van der Waals surface area contributed by atoms with Gasteiger partial charge in [-0.05, 0) is 18.2 Å². The molecule has 0 spiro atoms. The van der Waals surface area contributed by atoms with Gasteiger partial charge in [-0.15, -0.1) is 0 Å². The van der Waals surface area contributed by atoms with E-state index in [0.29, 0.717) is 0 Å². The molecule has 8 heteroatoms. The number of nitriles is 1. The molecule has 0 fully saturated rings. The van der Waals surface area contributed by atoms with E-state index >= 15 is 0 Å². The van der Waals surface area contributed by atoms with Crippen molar-refractivity contribution in [2.75, 3.05) is 12.8 Å². The van der Waals surface area contributed by atoms with Crippen molar-refractivity contribution in [3.8, 4) is 11.8 Å². The van der Waals surface area contributed by atoms with Crippen LogP contribution in [0.5, 0.6) is 0 Å². The highest BCUT2D eigenvalue weighted by Gasteiger charge is 2.23. The van der Waals surface area contributed by atoms with E-state index in [0.717, 1.165) is 17.7 Å². The molecule has 112 valence electrons. The van der Waals surface area contributed by atoms with E-state index in [2.05, 4.69) is 4.74 Å². The second kappa shape index (κ2) is 5.57. The van der Waals surface area contributed by atoms with E-state index in [1.54, 1.807) is 6.07 Å². The Balaban J connectivity index is 2.70. The zero-order chi connectivity index (χ0) is 16.4. The summed E-state index contributed by atoms with van der Waals surface area (Å²) in [7, 11) is 1.12. The molecule has 0 unspecified atom stereocenters. The Hall–Kier alpha value is -3.34. The number of esters is 1. The highest BCUT2D eigenvalue weighted by atomic mass is 19.1. The largest absolute Gasteiger partial charge is 0.478 e. The molecule has 0 saturated carbocycles. The van der Waals surface area contributed by atoms with Crippen LogP contribution in [0.1, 0.15) is 26.4 Å². The molecule has 2 aromatic rings. The summed E-state index contributed by atoms with van der Waals surface area (Å²) in [6, 6.07) is 4.93. The maximum absolute atomic E-state index is 14.1. The molecule has 0 bridgehead atoms. The average Bonchev–Trinajstić information content (AvgIpc) is 2.82. The number of carbonyl (C=O) groups is 2. The fourth-order valence-corrected chi connectivity index (χ4v) is 1.94. The number of aromatic carboxylic acids is 1. The van der Waals surface area contributed by atoms with Crippen molar-refractivity contribution in [1.82, 2.24) is 4.57 Å². The normalized spacial score (nSPS) is 10.0. The number of benzene rings is 1. The predicted octanol–water partition coefficient (Wildman–Crippen LogP) is 1.56. The van der Waals surface area contributed by atoms with Crippen LogP contribution in [0, 0.1) is 17.1 Å². The van der Waals surface area contributed by atoms with Gasteiger partial charge in [0.2, 0.25) is 0 Å². The van der Waals surface area contributed by atoms with Crippen LogP contribution in [0.2, 0.25) is 0 Å². The number of methoxy groups -OCH3 is 1. The van der Waals surface area contributed by atoms with Crippen LogP contribution in [0.25, 0.3) is 5.69 Å². The van der Waals surface area contributed by atoms with Crippen molar-refractivity contribution in [1.29, 1.82) is 5.26 Å². The first-order valence-electron chi connectivity index (χ1n) is 5.93. The van der Waals surface area contributed by atoms with E-state index in [1.165, 1.54) is 18.3 Å². The molecule has 0 saturated heterocycles. The molecule has 1 aromatic carbocycles. The molecule has 1 heterocycles. The van der Waals surface area contributed by atoms with Crippen molar-refractivity contribution in [2.24, 2.45) is 0 Å². The SMILES string of the molecule is COC(=O)c1c(N)c(C#N)cn1-c1ccc(C(=O)O)cc1F. The number of nitrogen functional groups attached to an aromatic ring is 1. The monoisotopic (exact) mass is 303 g/mol. The van der Waals surface area contributed by atoms with E-state index in [4.69, 9.17) is 16.1 Å². The first-order valence-corrected chi connectivity index (χ1v) is 5.93. The Bertz CT molecular complexity index is 820. The van der Waals surface area contributed by atoms with Crippen molar-refractivity contribution in [3.05, 3.63) is 47.0 Å².